The standard InChI is InChI=1S/C27H27F2N3O4S/c1-32-15-22(20-11-12-30-27(33)26(20)32)21-13-17(16-37(34,35)31-19-5-3-2-4-6-19)7-9-24(21)36-25-10-8-18(28)14-23(25)29/h7-15,19,31H,2-6,16H2,1H3,(H,30,33). The van der Waals surface area contributed by atoms with E-state index in [1.54, 1.807) is 42.1 Å². The van der Waals surface area contributed by atoms with Crippen LogP contribution in [0.5, 0.6) is 11.5 Å². The van der Waals surface area contributed by atoms with Gasteiger partial charge in [0.25, 0.3) is 5.56 Å². The molecule has 1 aliphatic rings. The van der Waals surface area contributed by atoms with Crippen LogP contribution in [0, 0.1) is 11.6 Å². The van der Waals surface area contributed by atoms with Gasteiger partial charge in [-0.15, -0.1) is 0 Å². The first-order valence-corrected chi connectivity index (χ1v) is 13.8. The summed E-state index contributed by atoms with van der Waals surface area (Å²) >= 11 is 0. The second-order valence-corrected chi connectivity index (χ2v) is 11.2. The summed E-state index contributed by atoms with van der Waals surface area (Å²) in [7, 11) is -1.89. The zero-order chi connectivity index (χ0) is 26.2. The van der Waals surface area contributed by atoms with Gasteiger partial charge < -0.3 is 14.3 Å². The SMILES string of the molecule is Cn1cc(-c2cc(CS(=O)(=O)NC3CCCCC3)ccc2Oc2ccc(F)cc2F)c2cc[nH]c(=O)c21. The summed E-state index contributed by atoms with van der Waals surface area (Å²) in [5.41, 5.74) is 1.74. The molecular formula is C27H27F2N3O4S. The molecule has 0 unspecified atom stereocenters. The minimum atomic E-state index is -3.61. The Morgan fingerprint density at radius 2 is 1.78 bits per heavy atom. The zero-order valence-electron chi connectivity index (χ0n) is 20.3. The minimum Gasteiger partial charge on any atom is -0.454 e. The number of H-pyrrole nitrogens is 1. The molecule has 0 spiro atoms. The minimum absolute atomic E-state index is 0.0629. The average molecular weight is 528 g/mol. The van der Waals surface area contributed by atoms with Crippen LogP contribution in [-0.2, 0) is 22.8 Å². The van der Waals surface area contributed by atoms with Crippen molar-refractivity contribution in [2.24, 2.45) is 7.05 Å². The predicted molar refractivity (Wildman–Crippen MR) is 138 cm³/mol. The van der Waals surface area contributed by atoms with Gasteiger partial charge in [-0.1, -0.05) is 25.3 Å². The number of rotatable bonds is 7. The Labute approximate surface area is 213 Å². The van der Waals surface area contributed by atoms with Crippen molar-refractivity contribution >= 4 is 20.9 Å². The number of halogens is 2. The van der Waals surface area contributed by atoms with E-state index in [-0.39, 0.29) is 28.9 Å². The van der Waals surface area contributed by atoms with Crippen LogP contribution in [0.25, 0.3) is 22.0 Å². The molecule has 2 N–H and O–H groups in total. The highest BCUT2D eigenvalue weighted by atomic mass is 32.2. The Bertz CT molecular complexity index is 1620. The quantitative estimate of drug-likeness (QED) is 0.339. The van der Waals surface area contributed by atoms with Crippen LogP contribution >= 0.6 is 0 Å². The van der Waals surface area contributed by atoms with E-state index in [4.69, 9.17) is 4.74 Å². The second-order valence-electron chi connectivity index (χ2n) is 9.44. The number of pyridine rings is 1. The number of nitrogens with zero attached hydrogens (tertiary/aromatic N) is 1. The molecule has 0 amide bonds. The molecule has 0 aliphatic heterocycles. The molecule has 194 valence electrons. The van der Waals surface area contributed by atoms with Crippen molar-refractivity contribution in [2.75, 3.05) is 0 Å². The Hall–Kier alpha value is -3.50. The molecule has 0 radical (unpaired) electrons. The maximum Gasteiger partial charge on any atom is 0.272 e. The number of hydrogen-bond acceptors (Lipinski definition) is 4. The van der Waals surface area contributed by atoms with Gasteiger partial charge in [0.1, 0.15) is 17.1 Å². The molecule has 1 fully saturated rings. The van der Waals surface area contributed by atoms with Gasteiger partial charge in [0.2, 0.25) is 10.0 Å². The van der Waals surface area contributed by atoms with Crippen LogP contribution in [0.4, 0.5) is 8.78 Å². The topological polar surface area (TPSA) is 93.2 Å². The van der Waals surface area contributed by atoms with E-state index < -0.39 is 21.7 Å². The lowest BCUT2D eigenvalue weighted by atomic mass is 9.96. The first kappa shape index (κ1) is 25.2. The van der Waals surface area contributed by atoms with Gasteiger partial charge in [0.05, 0.1) is 5.75 Å². The summed E-state index contributed by atoms with van der Waals surface area (Å²) in [6, 6.07) is 9.53. The number of nitrogens with one attached hydrogen (secondary N) is 2. The third kappa shape index (κ3) is 5.45. The summed E-state index contributed by atoms with van der Waals surface area (Å²) in [6.07, 6.45) is 8.03. The largest absolute Gasteiger partial charge is 0.454 e. The molecule has 1 aliphatic carbocycles. The van der Waals surface area contributed by atoms with Crippen LogP contribution in [0.3, 0.4) is 0 Å². The number of fused-ring (bicyclic) bond motifs is 1. The molecule has 0 atom stereocenters. The molecule has 0 bridgehead atoms. The Kier molecular flexibility index (Phi) is 6.87. The van der Waals surface area contributed by atoms with Crippen molar-refractivity contribution < 1.29 is 21.9 Å². The first-order valence-electron chi connectivity index (χ1n) is 12.1. The predicted octanol–water partition coefficient (Wildman–Crippen LogP) is 5.36. The van der Waals surface area contributed by atoms with Crippen molar-refractivity contribution in [3.63, 3.8) is 0 Å². The molecule has 37 heavy (non-hydrogen) atoms. The highest BCUT2D eigenvalue weighted by Gasteiger charge is 2.22. The van der Waals surface area contributed by atoms with Crippen LogP contribution in [0.1, 0.15) is 37.7 Å². The fourth-order valence-corrected chi connectivity index (χ4v) is 6.40. The second kappa shape index (κ2) is 10.1. The third-order valence-electron chi connectivity index (χ3n) is 6.66. The lowest BCUT2D eigenvalue weighted by Gasteiger charge is -2.22. The van der Waals surface area contributed by atoms with Crippen molar-refractivity contribution in [1.29, 1.82) is 0 Å². The highest BCUT2D eigenvalue weighted by Crippen LogP contribution is 2.39. The number of aryl methyl sites for hydroxylation is 1. The Balaban J connectivity index is 1.57. The number of aromatic amines is 1. The molecule has 0 saturated heterocycles. The van der Waals surface area contributed by atoms with Gasteiger partial charge in [-0.3, -0.25) is 4.79 Å². The summed E-state index contributed by atoms with van der Waals surface area (Å²) in [6.45, 7) is 0. The number of aromatic nitrogens is 2. The molecule has 7 nitrogen and oxygen atoms in total. The van der Waals surface area contributed by atoms with Crippen LogP contribution in [0.2, 0.25) is 0 Å². The van der Waals surface area contributed by atoms with Gasteiger partial charge in [0, 0.05) is 48.1 Å². The number of ether oxygens (including phenoxy) is 1. The van der Waals surface area contributed by atoms with Crippen LogP contribution < -0.4 is 15.0 Å². The van der Waals surface area contributed by atoms with Gasteiger partial charge >= 0.3 is 0 Å². The number of hydrogen-bond donors (Lipinski definition) is 2. The summed E-state index contributed by atoms with van der Waals surface area (Å²) in [5.74, 6) is -1.79. The molecule has 5 rings (SSSR count). The van der Waals surface area contributed by atoms with E-state index >= 15 is 0 Å². The van der Waals surface area contributed by atoms with Crippen molar-refractivity contribution in [3.8, 4) is 22.6 Å². The molecular weight excluding hydrogens is 500 g/mol. The summed E-state index contributed by atoms with van der Waals surface area (Å²) in [5, 5.41) is 0.621. The van der Waals surface area contributed by atoms with Gasteiger partial charge in [0.15, 0.2) is 11.6 Å². The summed E-state index contributed by atoms with van der Waals surface area (Å²) in [4.78, 5) is 15.1. The molecule has 1 saturated carbocycles. The average Bonchev–Trinajstić information content (AvgIpc) is 3.19. The van der Waals surface area contributed by atoms with E-state index in [0.717, 1.165) is 44.2 Å². The number of sulfonamides is 1. The maximum absolute atomic E-state index is 14.4. The van der Waals surface area contributed by atoms with E-state index in [1.165, 1.54) is 12.3 Å². The molecule has 10 heteroatoms. The van der Waals surface area contributed by atoms with Gasteiger partial charge in [-0.05, 0) is 48.7 Å². The van der Waals surface area contributed by atoms with Crippen LogP contribution in [0.15, 0.2) is 59.7 Å². The molecule has 4 aromatic rings. The normalized spacial score (nSPS) is 14.8. The van der Waals surface area contributed by atoms with Gasteiger partial charge in [-0.25, -0.2) is 21.9 Å². The van der Waals surface area contributed by atoms with E-state index in [2.05, 4.69) is 9.71 Å². The van der Waals surface area contributed by atoms with E-state index in [9.17, 15) is 22.0 Å². The van der Waals surface area contributed by atoms with Crippen molar-refractivity contribution in [2.45, 2.75) is 43.9 Å². The third-order valence-corrected chi connectivity index (χ3v) is 8.06. The van der Waals surface area contributed by atoms with E-state index in [1.807, 2.05) is 0 Å². The van der Waals surface area contributed by atoms with Crippen molar-refractivity contribution in [3.05, 3.63) is 82.4 Å². The first-order chi connectivity index (χ1) is 17.7. The monoisotopic (exact) mass is 527 g/mol. The molecule has 2 heterocycles. The zero-order valence-corrected chi connectivity index (χ0v) is 21.1. The van der Waals surface area contributed by atoms with E-state index in [0.29, 0.717) is 27.6 Å². The maximum atomic E-state index is 14.4. The Morgan fingerprint density at radius 3 is 2.54 bits per heavy atom. The summed E-state index contributed by atoms with van der Waals surface area (Å²) < 4.78 is 64.1. The fraction of sp³-hybridized carbons (Fsp3) is 0.296. The highest BCUT2D eigenvalue weighted by molar-refractivity contribution is 7.88. The van der Waals surface area contributed by atoms with Crippen molar-refractivity contribution in [1.82, 2.24) is 14.3 Å². The van der Waals surface area contributed by atoms with Crippen LogP contribution in [-0.4, -0.2) is 24.0 Å². The fourth-order valence-electron chi connectivity index (χ4n) is 4.96. The molecule has 2 aromatic carbocycles. The number of benzene rings is 2. The lowest BCUT2D eigenvalue weighted by Crippen LogP contribution is -2.36. The smallest absolute Gasteiger partial charge is 0.272 e. The molecule has 2 aromatic heterocycles. The van der Waals surface area contributed by atoms with Gasteiger partial charge in [-0.2, -0.15) is 0 Å². The lowest BCUT2D eigenvalue weighted by molar-refractivity contribution is 0.412. The Morgan fingerprint density at radius 1 is 1.03 bits per heavy atom.